The first-order chi connectivity index (χ1) is 16.0. The van der Waals surface area contributed by atoms with Crippen molar-refractivity contribution in [2.75, 3.05) is 18.5 Å². The summed E-state index contributed by atoms with van der Waals surface area (Å²) >= 11 is 5.93. The quantitative estimate of drug-likeness (QED) is 0.442. The average molecular weight is 466 g/mol. The van der Waals surface area contributed by atoms with Crippen LogP contribution in [0.5, 0.6) is 11.5 Å². The van der Waals surface area contributed by atoms with E-state index in [0.29, 0.717) is 52.3 Å². The number of hydrogen-bond donors (Lipinski definition) is 2. The van der Waals surface area contributed by atoms with E-state index in [1.54, 1.807) is 54.8 Å². The smallest absolute Gasteiger partial charge is 0.322 e. The van der Waals surface area contributed by atoms with Gasteiger partial charge in [0.2, 0.25) is 0 Å². The Bertz CT molecular complexity index is 1350. The number of hydrogen-bond acceptors (Lipinski definition) is 5. The number of benzene rings is 2. The van der Waals surface area contributed by atoms with Gasteiger partial charge in [0.25, 0.3) is 5.56 Å². The van der Waals surface area contributed by atoms with Crippen molar-refractivity contribution in [2.24, 2.45) is 0 Å². The molecular formula is C24H20ClN3O5. The maximum atomic E-state index is 13.1. The van der Waals surface area contributed by atoms with E-state index in [1.807, 2.05) is 6.07 Å². The van der Waals surface area contributed by atoms with Gasteiger partial charge in [-0.1, -0.05) is 11.6 Å². The van der Waals surface area contributed by atoms with Crippen molar-refractivity contribution in [1.29, 1.82) is 0 Å². The van der Waals surface area contributed by atoms with Crippen LogP contribution in [0, 0.1) is 0 Å². The minimum absolute atomic E-state index is 0.0693. The van der Waals surface area contributed by atoms with Gasteiger partial charge >= 0.3 is 6.03 Å². The zero-order valence-electron chi connectivity index (χ0n) is 17.5. The fourth-order valence-corrected chi connectivity index (χ4v) is 3.76. The number of carbonyl (C=O) groups is 1. The van der Waals surface area contributed by atoms with Crippen LogP contribution in [0.15, 0.2) is 70.1 Å². The Kier molecular flexibility index (Phi) is 5.66. The zero-order chi connectivity index (χ0) is 22.8. The van der Waals surface area contributed by atoms with Crippen LogP contribution >= 0.6 is 11.6 Å². The molecule has 2 amide bonds. The fourth-order valence-electron chi connectivity index (χ4n) is 3.64. The molecule has 0 saturated carbocycles. The first kappa shape index (κ1) is 21.0. The van der Waals surface area contributed by atoms with Gasteiger partial charge in [-0.25, -0.2) is 4.79 Å². The minimum Gasteiger partial charge on any atom is -0.486 e. The molecular weight excluding hydrogens is 446 g/mol. The van der Waals surface area contributed by atoms with Crippen LogP contribution in [0.2, 0.25) is 5.02 Å². The van der Waals surface area contributed by atoms with Crippen molar-refractivity contribution in [3.8, 4) is 11.5 Å². The number of carbonyl (C=O) groups excluding carboxylic acids is 1. The summed E-state index contributed by atoms with van der Waals surface area (Å²) in [6.45, 7) is 1.19. The molecule has 168 valence electrons. The van der Waals surface area contributed by atoms with Gasteiger partial charge in [-0.05, 0) is 48.5 Å². The molecule has 2 aromatic heterocycles. The highest BCUT2D eigenvalue weighted by molar-refractivity contribution is 6.30. The number of halogens is 1. The van der Waals surface area contributed by atoms with E-state index in [9.17, 15) is 9.59 Å². The lowest BCUT2D eigenvalue weighted by atomic mass is 10.1. The highest BCUT2D eigenvalue weighted by Crippen LogP contribution is 2.33. The predicted molar refractivity (Wildman–Crippen MR) is 124 cm³/mol. The number of pyridine rings is 1. The summed E-state index contributed by atoms with van der Waals surface area (Å²) in [7, 11) is 0. The Labute approximate surface area is 193 Å². The number of amides is 2. The number of fused-ring (bicyclic) bond motifs is 2. The number of H-pyrrole nitrogens is 1. The van der Waals surface area contributed by atoms with Crippen LogP contribution < -0.4 is 20.3 Å². The third-order valence-corrected chi connectivity index (χ3v) is 5.51. The second kappa shape index (κ2) is 8.91. The van der Waals surface area contributed by atoms with Gasteiger partial charge in [-0.3, -0.25) is 4.79 Å². The number of furan rings is 1. The fraction of sp³-hybridized carbons (Fsp3) is 0.167. The molecule has 0 radical (unpaired) electrons. The second-order valence-electron chi connectivity index (χ2n) is 7.58. The van der Waals surface area contributed by atoms with Crippen LogP contribution in [0.3, 0.4) is 0 Å². The molecule has 1 aliphatic heterocycles. The third kappa shape index (κ3) is 4.65. The van der Waals surface area contributed by atoms with Gasteiger partial charge in [0, 0.05) is 27.7 Å². The van der Waals surface area contributed by atoms with Gasteiger partial charge in [0.15, 0.2) is 11.5 Å². The molecule has 0 atom stereocenters. The average Bonchev–Trinajstić information content (AvgIpc) is 3.32. The van der Waals surface area contributed by atoms with Crippen LogP contribution in [-0.4, -0.2) is 29.1 Å². The van der Waals surface area contributed by atoms with E-state index in [4.69, 9.17) is 25.5 Å². The van der Waals surface area contributed by atoms with Crippen molar-refractivity contribution >= 4 is 34.2 Å². The van der Waals surface area contributed by atoms with Gasteiger partial charge in [-0.15, -0.1) is 0 Å². The standard InChI is InChI=1S/C24H20ClN3O5/c25-17-3-5-18(6-4-17)26-24(30)28(14-19-2-1-7-31-19)13-16-10-15-11-21-22(33-9-8-32-21)12-20(15)27-23(16)29/h1-7,10-12H,8-9,13-14H2,(H,26,30)(H,27,29). The molecule has 8 nitrogen and oxygen atoms in total. The molecule has 0 spiro atoms. The molecule has 0 bridgehead atoms. The largest absolute Gasteiger partial charge is 0.486 e. The first-order valence-electron chi connectivity index (χ1n) is 10.3. The number of aromatic nitrogens is 1. The van der Waals surface area contributed by atoms with Crippen LogP contribution in [-0.2, 0) is 13.1 Å². The lowest BCUT2D eigenvalue weighted by Crippen LogP contribution is -2.35. The minimum atomic E-state index is -0.379. The number of rotatable bonds is 5. The second-order valence-corrected chi connectivity index (χ2v) is 8.02. The molecule has 2 aromatic carbocycles. The SMILES string of the molecule is O=C(Nc1ccc(Cl)cc1)N(Cc1ccco1)Cc1cc2cc3c(cc2[nH]c1=O)OCCO3. The van der Waals surface area contributed by atoms with Crippen LogP contribution in [0.4, 0.5) is 10.5 Å². The number of urea groups is 1. The Morgan fingerprint density at radius 2 is 1.79 bits per heavy atom. The van der Waals surface area contributed by atoms with Crippen molar-refractivity contribution in [3.05, 3.63) is 87.6 Å². The Hall–Kier alpha value is -3.91. The van der Waals surface area contributed by atoms with Crippen LogP contribution in [0.25, 0.3) is 10.9 Å². The molecule has 4 aromatic rings. The number of anilines is 1. The van der Waals surface area contributed by atoms with E-state index in [0.717, 1.165) is 5.39 Å². The van der Waals surface area contributed by atoms with Crippen molar-refractivity contribution in [2.45, 2.75) is 13.1 Å². The Morgan fingerprint density at radius 3 is 2.52 bits per heavy atom. The third-order valence-electron chi connectivity index (χ3n) is 5.25. The molecule has 3 heterocycles. The number of nitrogens with one attached hydrogen (secondary N) is 2. The van der Waals surface area contributed by atoms with E-state index < -0.39 is 0 Å². The van der Waals surface area contributed by atoms with E-state index in [2.05, 4.69) is 10.3 Å². The normalized spacial score (nSPS) is 12.5. The Morgan fingerprint density at radius 1 is 1.03 bits per heavy atom. The Balaban J connectivity index is 1.44. The molecule has 0 fully saturated rings. The van der Waals surface area contributed by atoms with Gasteiger partial charge < -0.3 is 29.1 Å². The summed E-state index contributed by atoms with van der Waals surface area (Å²) in [5, 5.41) is 4.19. The number of nitrogens with zero attached hydrogens (tertiary/aromatic N) is 1. The summed E-state index contributed by atoms with van der Waals surface area (Å²) in [6.07, 6.45) is 1.54. The summed E-state index contributed by atoms with van der Waals surface area (Å²) in [5.74, 6) is 1.82. The summed E-state index contributed by atoms with van der Waals surface area (Å²) < 4.78 is 16.7. The van der Waals surface area contributed by atoms with Crippen molar-refractivity contribution < 1.29 is 18.7 Å². The lowest BCUT2D eigenvalue weighted by Gasteiger charge is -2.22. The molecule has 0 aliphatic carbocycles. The first-order valence-corrected chi connectivity index (χ1v) is 10.7. The molecule has 33 heavy (non-hydrogen) atoms. The molecule has 0 unspecified atom stereocenters. The highest BCUT2D eigenvalue weighted by atomic mass is 35.5. The lowest BCUT2D eigenvalue weighted by molar-refractivity contribution is 0.172. The molecule has 9 heteroatoms. The van der Waals surface area contributed by atoms with Gasteiger partial charge in [0.1, 0.15) is 19.0 Å². The molecule has 0 saturated heterocycles. The topological polar surface area (TPSA) is 96.8 Å². The molecule has 5 rings (SSSR count). The molecule has 2 N–H and O–H groups in total. The van der Waals surface area contributed by atoms with Gasteiger partial charge in [0.05, 0.1) is 24.9 Å². The molecule has 1 aliphatic rings. The maximum Gasteiger partial charge on any atom is 0.322 e. The van der Waals surface area contributed by atoms with Crippen molar-refractivity contribution in [1.82, 2.24) is 9.88 Å². The predicted octanol–water partition coefficient (Wildman–Crippen LogP) is 4.78. The van der Waals surface area contributed by atoms with E-state index in [-0.39, 0.29) is 24.7 Å². The number of ether oxygens (including phenoxy) is 2. The van der Waals surface area contributed by atoms with Crippen LogP contribution in [0.1, 0.15) is 11.3 Å². The van der Waals surface area contributed by atoms with E-state index >= 15 is 0 Å². The number of aromatic amines is 1. The highest BCUT2D eigenvalue weighted by Gasteiger charge is 2.19. The monoisotopic (exact) mass is 465 g/mol. The van der Waals surface area contributed by atoms with E-state index in [1.165, 1.54) is 4.90 Å². The summed E-state index contributed by atoms with van der Waals surface area (Å²) in [6, 6.07) is 15.3. The van der Waals surface area contributed by atoms with Gasteiger partial charge in [-0.2, -0.15) is 0 Å². The summed E-state index contributed by atoms with van der Waals surface area (Å²) in [5.41, 5.74) is 1.36. The summed E-state index contributed by atoms with van der Waals surface area (Å²) in [4.78, 5) is 30.3. The van der Waals surface area contributed by atoms with Crippen molar-refractivity contribution in [3.63, 3.8) is 0 Å². The zero-order valence-corrected chi connectivity index (χ0v) is 18.2. The maximum absolute atomic E-state index is 13.1.